The highest BCUT2D eigenvalue weighted by atomic mass is 16.5. The molecule has 0 saturated carbocycles. The zero-order chi connectivity index (χ0) is 16.4. The van der Waals surface area contributed by atoms with Crippen molar-refractivity contribution in [2.24, 2.45) is 7.05 Å². The number of hydrogen-bond acceptors (Lipinski definition) is 4. The normalized spacial score (nSPS) is 18.0. The zero-order valence-corrected chi connectivity index (χ0v) is 13.3. The third-order valence-electron chi connectivity index (χ3n) is 4.24. The van der Waals surface area contributed by atoms with Gasteiger partial charge in [-0.2, -0.15) is 5.10 Å². The number of methoxy groups -OCH3 is 1. The Bertz CT molecular complexity index is 765. The van der Waals surface area contributed by atoms with Crippen LogP contribution in [0, 0.1) is 0 Å². The Kier molecular flexibility index (Phi) is 4.18. The number of ether oxygens (including phenoxy) is 1. The van der Waals surface area contributed by atoms with Gasteiger partial charge in [-0.1, -0.05) is 0 Å². The average molecular weight is 316 g/mol. The van der Waals surface area contributed by atoms with E-state index in [-0.39, 0.29) is 17.4 Å². The van der Waals surface area contributed by atoms with Gasteiger partial charge >= 0.3 is 0 Å². The second kappa shape index (κ2) is 6.28. The molecule has 2 aromatic rings. The van der Waals surface area contributed by atoms with Crippen molar-refractivity contribution in [3.05, 3.63) is 46.1 Å². The number of nitrogens with zero attached hydrogens (tertiary/aromatic N) is 3. The minimum atomic E-state index is -0.287. The maximum atomic E-state index is 12.8. The topological polar surface area (TPSA) is 80.2 Å². The number of rotatable bonds is 3. The summed E-state index contributed by atoms with van der Waals surface area (Å²) >= 11 is 0. The molecule has 7 heteroatoms. The van der Waals surface area contributed by atoms with Crippen molar-refractivity contribution < 1.29 is 9.53 Å². The molecule has 0 radical (unpaired) electrons. The molecule has 1 atom stereocenters. The lowest BCUT2D eigenvalue weighted by molar-refractivity contribution is 0.0703. The molecule has 1 aliphatic rings. The molecule has 23 heavy (non-hydrogen) atoms. The molecule has 3 heterocycles. The Morgan fingerprint density at radius 1 is 1.48 bits per heavy atom. The summed E-state index contributed by atoms with van der Waals surface area (Å²) in [7, 11) is 3.35. The summed E-state index contributed by atoms with van der Waals surface area (Å²) in [5.74, 6) is 0.476. The first-order valence-corrected chi connectivity index (χ1v) is 7.63. The molecule has 1 amide bonds. The van der Waals surface area contributed by atoms with Crippen LogP contribution in [-0.4, -0.2) is 45.8 Å². The second-order valence-electron chi connectivity index (χ2n) is 5.82. The zero-order valence-electron chi connectivity index (χ0n) is 13.3. The van der Waals surface area contributed by atoms with Gasteiger partial charge in [0.1, 0.15) is 5.75 Å². The summed E-state index contributed by atoms with van der Waals surface area (Å²) in [6.45, 7) is 1.35. The van der Waals surface area contributed by atoms with Gasteiger partial charge in [-0.15, -0.1) is 0 Å². The smallest absolute Gasteiger partial charge is 0.259 e. The number of carbonyl (C=O) groups is 1. The molecular formula is C16H20N4O3. The second-order valence-corrected chi connectivity index (χ2v) is 5.82. The number of pyridine rings is 1. The number of hydrogen-bond donors (Lipinski definition) is 1. The van der Waals surface area contributed by atoms with E-state index in [0.29, 0.717) is 24.4 Å². The van der Waals surface area contributed by atoms with Crippen LogP contribution in [-0.2, 0) is 7.05 Å². The van der Waals surface area contributed by atoms with Gasteiger partial charge in [-0.25, -0.2) is 0 Å². The standard InChI is InChI=1S/C16H20N4O3/c1-19-9-12(7-18-19)11-4-3-5-20(10-11)16(22)13-8-17-15(21)6-14(13)23-2/h6-9,11H,3-5,10H2,1-2H3,(H,17,21). The monoisotopic (exact) mass is 316 g/mol. The molecule has 0 aromatic carbocycles. The fourth-order valence-electron chi connectivity index (χ4n) is 3.04. The fourth-order valence-corrected chi connectivity index (χ4v) is 3.04. The SMILES string of the molecule is COc1cc(=O)[nH]cc1C(=O)N1CCCC(c2cnn(C)c2)C1. The van der Waals surface area contributed by atoms with E-state index >= 15 is 0 Å². The van der Waals surface area contributed by atoms with Gasteiger partial charge in [0, 0.05) is 44.5 Å². The Morgan fingerprint density at radius 3 is 3.00 bits per heavy atom. The summed E-state index contributed by atoms with van der Waals surface area (Å²) in [6, 6.07) is 1.30. The molecule has 1 saturated heterocycles. The average Bonchev–Trinajstić information content (AvgIpc) is 3.01. The molecule has 1 N–H and O–H groups in total. The van der Waals surface area contributed by atoms with Crippen molar-refractivity contribution in [2.45, 2.75) is 18.8 Å². The predicted molar refractivity (Wildman–Crippen MR) is 84.7 cm³/mol. The number of piperidine rings is 1. The lowest BCUT2D eigenvalue weighted by Crippen LogP contribution is -2.39. The van der Waals surface area contributed by atoms with Gasteiger partial charge in [0.2, 0.25) is 0 Å². The van der Waals surface area contributed by atoms with Crippen LogP contribution < -0.4 is 10.3 Å². The lowest BCUT2D eigenvalue weighted by atomic mass is 9.92. The molecule has 1 fully saturated rings. The van der Waals surface area contributed by atoms with Crippen LogP contribution >= 0.6 is 0 Å². The summed E-state index contributed by atoms with van der Waals surface area (Å²) in [4.78, 5) is 28.5. The Morgan fingerprint density at radius 2 is 2.30 bits per heavy atom. The number of H-pyrrole nitrogens is 1. The largest absolute Gasteiger partial charge is 0.496 e. The Balaban J connectivity index is 1.81. The summed E-state index contributed by atoms with van der Waals surface area (Å²) < 4.78 is 6.95. The first-order valence-electron chi connectivity index (χ1n) is 7.63. The molecule has 7 nitrogen and oxygen atoms in total. The third kappa shape index (κ3) is 3.13. The van der Waals surface area contributed by atoms with E-state index in [0.717, 1.165) is 18.4 Å². The Labute approximate surface area is 133 Å². The number of likely N-dealkylation sites (tertiary alicyclic amines) is 1. The molecule has 0 aliphatic carbocycles. The summed E-state index contributed by atoms with van der Waals surface area (Å²) in [5, 5.41) is 4.21. The van der Waals surface area contributed by atoms with Gasteiger partial charge in [0.15, 0.2) is 0 Å². The van der Waals surface area contributed by atoms with Crippen LogP contribution in [0.3, 0.4) is 0 Å². The van der Waals surface area contributed by atoms with Crippen molar-refractivity contribution in [3.8, 4) is 5.75 Å². The van der Waals surface area contributed by atoms with E-state index in [1.165, 1.54) is 19.4 Å². The third-order valence-corrected chi connectivity index (χ3v) is 4.24. The van der Waals surface area contributed by atoms with Gasteiger partial charge in [0.05, 0.1) is 18.9 Å². The number of aromatic nitrogens is 3. The first-order chi connectivity index (χ1) is 11.1. The number of aryl methyl sites for hydroxylation is 1. The maximum Gasteiger partial charge on any atom is 0.259 e. The van der Waals surface area contributed by atoms with Crippen molar-refractivity contribution in [3.63, 3.8) is 0 Å². The molecule has 1 unspecified atom stereocenters. The van der Waals surface area contributed by atoms with Gasteiger partial charge < -0.3 is 14.6 Å². The minimum Gasteiger partial charge on any atom is -0.496 e. The molecule has 2 aromatic heterocycles. The van der Waals surface area contributed by atoms with E-state index in [4.69, 9.17) is 4.74 Å². The van der Waals surface area contributed by atoms with Crippen LogP contribution in [0.2, 0.25) is 0 Å². The van der Waals surface area contributed by atoms with Crippen LogP contribution in [0.25, 0.3) is 0 Å². The number of nitrogens with one attached hydrogen (secondary N) is 1. The predicted octanol–water partition coefficient (Wildman–Crippen LogP) is 1.14. The highest BCUT2D eigenvalue weighted by molar-refractivity contribution is 5.96. The molecular weight excluding hydrogens is 296 g/mol. The quantitative estimate of drug-likeness (QED) is 0.921. The van der Waals surface area contributed by atoms with Crippen LogP contribution in [0.1, 0.15) is 34.7 Å². The maximum absolute atomic E-state index is 12.8. The van der Waals surface area contributed by atoms with Crippen molar-refractivity contribution in [1.29, 1.82) is 0 Å². The lowest BCUT2D eigenvalue weighted by Gasteiger charge is -2.32. The highest BCUT2D eigenvalue weighted by Crippen LogP contribution is 2.28. The fraction of sp³-hybridized carbons (Fsp3) is 0.438. The van der Waals surface area contributed by atoms with Crippen LogP contribution in [0.4, 0.5) is 0 Å². The van der Waals surface area contributed by atoms with E-state index in [1.54, 1.807) is 4.68 Å². The van der Waals surface area contributed by atoms with E-state index in [2.05, 4.69) is 10.1 Å². The van der Waals surface area contributed by atoms with Gasteiger partial charge in [-0.05, 0) is 18.4 Å². The number of carbonyl (C=O) groups excluding carboxylic acids is 1. The van der Waals surface area contributed by atoms with Gasteiger partial charge in [-0.3, -0.25) is 14.3 Å². The van der Waals surface area contributed by atoms with Crippen LogP contribution in [0.15, 0.2) is 29.5 Å². The van der Waals surface area contributed by atoms with E-state index in [9.17, 15) is 9.59 Å². The minimum absolute atomic E-state index is 0.119. The molecule has 1 aliphatic heterocycles. The number of aromatic amines is 1. The van der Waals surface area contributed by atoms with E-state index < -0.39 is 0 Å². The molecule has 0 spiro atoms. The van der Waals surface area contributed by atoms with Crippen molar-refractivity contribution >= 4 is 5.91 Å². The van der Waals surface area contributed by atoms with Gasteiger partial charge in [0.25, 0.3) is 11.5 Å². The van der Waals surface area contributed by atoms with Crippen molar-refractivity contribution in [1.82, 2.24) is 19.7 Å². The Hall–Kier alpha value is -2.57. The number of amides is 1. The van der Waals surface area contributed by atoms with E-state index in [1.807, 2.05) is 24.3 Å². The molecule has 0 bridgehead atoms. The van der Waals surface area contributed by atoms with Crippen LogP contribution in [0.5, 0.6) is 5.75 Å². The first kappa shape index (κ1) is 15.3. The van der Waals surface area contributed by atoms with Crippen molar-refractivity contribution in [2.75, 3.05) is 20.2 Å². The summed E-state index contributed by atoms with van der Waals surface area (Å²) in [6.07, 6.45) is 7.27. The molecule has 122 valence electrons. The summed E-state index contributed by atoms with van der Waals surface area (Å²) in [5.41, 5.74) is 1.25. The molecule has 3 rings (SSSR count). The highest BCUT2D eigenvalue weighted by Gasteiger charge is 2.27.